The number of carboxylic acids is 1. The quantitative estimate of drug-likeness (QED) is 0.734. The molecule has 7 nitrogen and oxygen atoms in total. The Hall–Kier alpha value is -3.35. The van der Waals surface area contributed by atoms with Gasteiger partial charge in [0.25, 0.3) is 5.91 Å². The highest BCUT2D eigenvalue weighted by molar-refractivity contribution is 6.05. The van der Waals surface area contributed by atoms with E-state index in [0.29, 0.717) is 16.9 Å². The van der Waals surface area contributed by atoms with Gasteiger partial charge in [0.15, 0.2) is 0 Å². The molecule has 124 valence electrons. The average molecular weight is 327 g/mol. The van der Waals surface area contributed by atoms with Gasteiger partial charge in [0.2, 0.25) is 5.91 Å². The van der Waals surface area contributed by atoms with Gasteiger partial charge >= 0.3 is 0 Å². The van der Waals surface area contributed by atoms with E-state index in [1.165, 1.54) is 18.2 Å². The SMILES string of the molecule is O=C([O-])CCC(=O)Nc1cccc(C(=O)Nc2cccc(O)c2)c1. The van der Waals surface area contributed by atoms with Gasteiger partial charge in [-0.15, -0.1) is 0 Å². The summed E-state index contributed by atoms with van der Waals surface area (Å²) in [5.74, 6) is -2.16. The molecule has 2 aromatic rings. The third-order valence-electron chi connectivity index (χ3n) is 3.07. The molecule has 2 amide bonds. The first-order chi connectivity index (χ1) is 11.4. The number of amides is 2. The van der Waals surface area contributed by atoms with Gasteiger partial charge in [0.1, 0.15) is 5.75 Å². The summed E-state index contributed by atoms with van der Waals surface area (Å²) in [5, 5.41) is 24.9. The number of benzene rings is 2. The highest BCUT2D eigenvalue weighted by atomic mass is 16.4. The Balaban J connectivity index is 2.02. The second-order valence-electron chi connectivity index (χ2n) is 5.01. The zero-order valence-corrected chi connectivity index (χ0v) is 12.6. The molecule has 0 spiro atoms. The number of aliphatic carboxylic acids is 1. The van der Waals surface area contributed by atoms with E-state index in [0.717, 1.165) is 0 Å². The summed E-state index contributed by atoms with van der Waals surface area (Å²) in [6.07, 6.45) is -0.578. The molecule has 0 atom stereocenters. The van der Waals surface area contributed by atoms with Crippen molar-refractivity contribution in [3.8, 4) is 5.75 Å². The van der Waals surface area contributed by atoms with Crippen molar-refractivity contribution in [1.82, 2.24) is 0 Å². The van der Waals surface area contributed by atoms with Crippen molar-refractivity contribution in [3.63, 3.8) is 0 Å². The first-order valence-electron chi connectivity index (χ1n) is 7.14. The number of nitrogens with one attached hydrogen (secondary N) is 2. The summed E-state index contributed by atoms with van der Waals surface area (Å²) in [6.45, 7) is 0. The lowest BCUT2D eigenvalue weighted by Gasteiger charge is -2.09. The Morgan fingerprint density at radius 1 is 0.917 bits per heavy atom. The molecule has 0 unspecified atom stereocenters. The van der Waals surface area contributed by atoms with E-state index in [1.807, 2.05) is 0 Å². The van der Waals surface area contributed by atoms with Gasteiger partial charge in [0.05, 0.1) is 0 Å². The fraction of sp³-hybridized carbons (Fsp3) is 0.118. The Labute approximate surface area is 137 Å². The van der Waals surface area contributed by atoms with E-state index in [4.69, 9.17) is 0 Å². The summed E-state index contributed by atoms with van der Waals surface area (Å²) in [6, 6.07) is 12.3. The maximum Gasteiger partial charge on any atom is 0.255 e. The molecule has 2 rings (SSSR count). The molecule has 0 saturated carbocycles. The minimum Gasteiger partial charge on any atom is -0.550 e. The summed E-state index contributed by atoms with van der Waals surface area (Å²) in [4.78, 5) is 34.1. The van der Waals surface area contributed by atoms with Crippen molar-refractivity contribution in [2.75, 3.05) is 10.6 Å². The van der Waals surface area contributed by atoms with Gasteiger partial charge in [-0.1, -0.05) is 12.1 Å². The smallest absolute Gasteiger partial charge is 0.255 e. The van der Waals surface area contributed by atoms with Crippen molar-refractivity contribution in [1.29, 1.82) is 0 Å². The number of hydrogen-bond acceptors (Lipinski definition) is 5. The summed E-state index contributed by atoms with van der Waals surface area (Å²) >= 11 is 0. The minimum atomic E-state index is -1.30. The van der Waals surface area contributed by atoms with Crippen molar-refractivity contribution in [2.45, 2.75) is 12.8 Å². The maximum absolute atomic E-state index is 12.2. The second kappa shape index (κ2) is 7.77. The number of carboxylic acid groups (broad SMARTS) is 1. The number of rotatable bonds is 6. The van der Waals surface area contributed by atoms with Crippen LogP contribution in [0.1, 0.15) is 23.2 Å². The molecule has 0 aromatic heterocycles. The molecule has 0 aliphatic heterocycles. The number of anilines is 2. The number of carbonyl (C=O) groups excluding carboxylic acids is 3. The van der Waals surface area contributed by atoms with Crippen LogP contribution >= 0.6 is 0 Å². The molecular weight excluding hydrogens is 312 g/mol. The summed E-state index contributed by atoms with van der Waals surface area (Å²) in [7, 11) is 0. The Kier molecular flexibility index (Phi) is 5.51. The number of hydrogen-bond donors (Lipinski definition) is 3. The maximum atomic E-state index is 12.2. The van der Waals surface area contributed by atoms with Gasteiger partial charge in [0, 0.05) is 35.4 Å². The van der Waals surface area contributed by atoms with Gasteiger partial charge in [-0.05, 0) is 36.8 Å². The predicted octanol–water partition coefficient (Wildman–Crippen LogP) is 1.11. The van der Waals surface area contributed by atoms with Crippen LogP contribution in [0.25, 0.3) is 0 Å². The van der Waals surface area contributed by atoms with E-state index in [2.05, 4.69) is 10.6 Å². The van der Waals surface area contributed by atoms with Crippen LogP contribution in [0, 0.1) is 0 Å². The first-order valence-corrected chi connectivity index (χ1v) is 7.14. The fourth-order valence-electron chi connectivity index (χ4n) is 1.96. The van der Waals surface area contributed by atoms with E-state index >= 15 is 0 Å². The normalized spacial score (nSPS) is 10.0. The zero-order chi connectivity index (χ0) is 17.5. The number of phenols is 1. The third kappa shape index (κ3) is 5.13. The van der Waals surface area contributed by atoms with Crippen LogP contribution in [0.2, 0.25) is 0 Å². The zero-order valence-electron chi connectivity index (χ0n) is 12.6. The molecule has 0 saturated heterocycles. The lowest BCUT2D eigenvalue weighted by molar-refractivity contribution is -0.305. The molecular formula is C17H15N2O5-. The van der Waals surface area contributed by atoms with Crippen LogP contribution < -0.4 is 15.7 Å². The van der Waals surface area contributed by atoms with Crippen LogP contribution in [-0.4, -0.2) is 22.9 Å². The van der Waals surface area contributed by atoms with Gasteiger partial charge < -0.3 is 25.6 Å². The molecule has 0 aliphatic rings. The Morgan fingerprint density at radius 2 is 1.58 bits per heavy atom. The van der Waals surface area contributed by atoms with Crippen LogP contribution in [0.3, 0.4) is 0 Å². The molecule has 0 bridgehead atoms. The lowest BCUT2D eigenvalue weighted by Crippen LogP contribution is -2.24. The Morgan fingerprint density at radius 3 is 2.25 bits per heavy atom. The van der Waals surface area contributed by atoms with Crippen molar-refractivity contribution >= 4 is 29.2 Å². The van der Waals surface area contributed by atoms with E-state index in [9.17, 15) is 24.6 Å². The molecule has 0 radical (unpaired) electrons. The standard InChI is InChI=1S/C17H16N2O5/c20-14-6-2-5-13(10-14)19-17(24)11-3-1-4-12(9-11)18-15(21)7-8-16(22)23/h1-6,9-10,20H,7-8H2,(H,18,21)(H,19,24)(H,22,23)/p-1. The molecule has 0 heterocycles. The van der Waals surface area contributed by atoms with Crippen LogP contribution in [0.5, 0.6) is 5.75 Å². The monoisotopic (exact) mass is 327 g/mol. The lowest BCUT2D eigenvalue weighted by atomic mass is 10.1. The molecule has 2 aromatic carbocycles. The van der Waals surface area contributed by atoms with E-state index < -0.39 is 17.8 Å². The summed E-state index contributed by atoms with van der Waals surface area (Å²) in [5.41, 5.74) is 1.11. The predicted molar refractivity (Wildman–Crippen MR) is 85.4 cm³/mol. The van der Waals surface area contributed by atoms with Crippen molar-refractivity contribution in [2.24, 2.45) is 0 Å². The third-order valence-corrected chi connectivity index (χ3v) is 3.07. The van der Waals surface area contributed by atoms with Crippen molar-refractivity contribution < 1.29 is 24.6 Å². The minimum absolute atomic E-state index is 0.0294. The second-order valence-corrected chi connectivity index (χ2v) is 5.01. The van der Waals surface area contributed by atoms with Gasteiger partial charge in [-0.2, -0.15) is 0 Å². The van der Waals surface area contributed by atoms with Gasteiger partial charge in [-0.3, -0.25) is 9.59 Å². The number of aromatic hydroxyl groups is 1. The van der Waals surface area contributed by atoms with Gasteiger partial charge in [-0.25, -0.2) is 0 Å². The number of phenolic OH excluding ortho intramolecular Hbond substituents is 1. The highest BCUT2D eigenvalue weighted by Gasteiger charge is 2.09. The first kappa shape index (κ1) is 17.0. The topological polar surface area (TPSA) is 119 Å². The fourth-order valence-corrected chi connectivity index (χ4v) is 1.96. The Bertz CT molecular complexity index is 773. The van der Waals surface area contributed by atoms with Crippen LogP contribution in [0.4, 0.5) is 11.4 Å². The molecule has 7 heteroatoms. The summed E-state index contributed by atoms with van der Waals surface area (Å²) < 4.78 is 0. The molecule has 3 N–H and O–H groups in total. The van der Waals surface area contributed by atoms with Crippen LogP contribution in [0.15, 0.2) is 48.5 Å². The average Bonchev–Trinajstić information content (AvgIpc) is 2.53. The largest absolute Gasteiger partial charge is 0.550 e. The van der Waals surface area contributed by atoms with Crippen molar-refractivity contribution in [3.05, 3.63) is 54.1 Å². The highest BCUT2D eigenvalue weighted by Crippen LogP contribution is 2.17. The van der Waals surface area contributed by atoms with Crippen LogP contribution in [-0.2, 0) is 9.59 Å². The molecule has 0 aliphatic carbocycles. The van der Waals surface area contributed by atoms with E-state index in [1.54, 1.807) is 30.3 Å². The number of carbonyl (C=O) groups is 3. The molecule has 24 heavy (non-hydrogen) atoms. The molecule has 0 fully saturated rings. The van der Waals surface area contributed by atoms with E-state index in [-0.39, 0.29) is 18.6 Å².